The highest BCUT2D eigenvalue weighted by Gasteiger charge is 2.02. The summed E-state index contributed by atoms with van der Waals surface area (Å²) < 4.78 is 1.55. The number of rotatable bonds is 5. The molecule has 0 atom stereocenters. The topological polar surface area (TPSA) is 53.9 Å². The molecule has 0 bridgehead atoms. The van der Waals surface area contributed by atoms with Crippen LogP contribution < -0.4 is 10.6 Å². The fourth-order valence-electron chi connectivity index (χ4n) is 2.18. The second-order valence-corrected chi connectivity index (χ2v) is 6.61. The molecular formula is C17H18N4OS. The van der Waals surface area contributed by atoms with Crippen molar-refractivity contribution in [2.45, 2.75) is 6.54 Å². The van der Waals surface area contributed by atoms with Gasteiger partial charge in [-0.3, -0.25) is 4.57 Å². The SMILES string of the molecule is CN(C)c1ccc(C=Cc2ccc(Cn3cn[nH]c3=O)s2)cc1. The summed E-state index contributed by atoms with van der Waals surface area (Å²) in [6.07, 6.45) is 5.71. The van der Waals surface area contributed by atoms with Crippen molar-refractivity contribution in [3.63, 3.8) is 0 Å². The molecule has 2 heterocycles. The van der Waals surface area contributed by atoms with E-state index in [0.717, 1.165) is 15.3 Å². The highest BCUT2D eigenvalue weighted by molar-refractivity contribution is 7.12. The van der Waals surface area contributed by atoms with Crippen LogP contribution >= 0.6 is 11.3 Å². The fraction of sp³-hybridized carbons (Fsp3) is 0.176. The Hall–Kier alpha value is -2.60. The molecule has 0 saturated heterocycles. The van der Waals surface area contributed by atoms with E-state index in [2.05, 4.69) is 57.6 Å². The minimum Gasteiger partial charge on any atom is -0.378 e. The van der Waals surface area contributed by atoms with Crippen molar-refractivity contribution >= 4 is 29.2 Å². The van der Waals surface area contributed by atoms with Gasteiger partial charge in [-0.05, 0) is 35.9 Å². The summed E-state index contributed by atoms with van der Waals surface area (Å²) >= 11 is 1.67. The number of anilines is 1. The Balaban J connectivity index is 1.68. The van der Waals surface area contributed by atoms with E-state index in [1.807, 2.05) is 20.2 Å². The number of thiophene rings is 1. The van der Waals surface area contributed by atoms with E-state index in [1.54, 1.807) is 15.9 Å². The van der Waals surface area contributed by atoms with Gasteiger partial charge in [0.1, 0.15) is 6.33 Å². The van der Waals surface area contributed by atoms with E-state index in [9.17, 15) is 4.79 Å². The molecule has 0 radical (unpaired) electrons. The van der Waals surface area contributed by atoms with Crippen LogP contribution in [0.2, 0.25) is 0 Å². The highest BCUT2D eigenvalue weighted by Crippen LogP contribution is 2.20. The normalized spacial score (nSPS) is 11.2. The molecule has 0 aliphatic rings. The van der Waals surface area contributed by atoms with E-state index in [-0.39, 0.29) is 5.69 Å². The average Bonchev–Trinajstić information content (AvgIpc) is 3.16. The maximum Gasteiger partial charge on any atom is 0.343 e. The molecule has 23 heavy (non-hydrogen) atoms. The Morgan fingerprint density at radius 3 is 2.61 bits per heavy atom. The molecule has 0 unspecified atom stereocenters. The summed E-state index contributed by atoms with van der Waals surface area (Å²) in [5.41, 5.74) is 2.17. The number of aromatic nitrogens is 3. The van der Waals surface area contributed by atoms with Gasteiger partial charge in [-0.1, -0.05) is 18.2 Å². The van der Waals surface area contributed by atoms with Crippen LogP contribution in [0.5, 0.6) is 0 Å². The zero-order valence-corrected chi connectivity index (χ0v) is 13.9. The van der Waals surface area contributed by atoms with Crippen molar-refractivity contribution in [3.05, 3.63) is 68.5 Å². The van der Waals surface area contributed by atoms with Crippen LogP contribution in [0.25, 0.3) is 12.2 Å². The number of aromatic amines is 1. The molecule has 1 aromatic carbocycles. The average molecular weight is 326 g/mol. The molecule has 6 heteroatoms. The molecule has 5 nitrogen and oxygen atoms in total. The van der Waals surface area contributed by atoms with Gasteiger partial charge in [-0.25, -0.2) is 9.89 Å². The van der Waals surface area contributed by atoms with Gasteiger partial charge in [0.2, 0.25) is 0 Å². The van der Waals surface area contributed by atoms with Gasteiger partial charge in [0.05, 0.1) is 6.54 Å². The van der Waals surface area contributed by atoms with Crippen LogP contribution in [0.1, 0.15) is 15.3 Å². The van der Waals surface area contributed by atoms with Gasteiger partial charge in [0.25, 0.3) is 0 Å². The first-order valence-electron chi connectivity index (χ1n) is 7.26. The molecule has 2 aromatic heterocycles. The molecule has 1 N–H and O–H groups in total. The number of nitrogens with zero attached hydrogens (tertiary/aromatic N) is 3. The molecule has 3 rings (SSSR count). The summed E-state index contributed by atoms with van der Waals surface area (Å²) in [6.45, 7) is 0.547. The van der Waals surface area contributed by atoms with Crippen LogP contribution in [-0.2, 0) is 6.54 Å². The largest absolute Gasteiger partial charge is 0.378 e. The van der Waals surface area contributed by atoms with Crippen LogP contribution in [0.3, 0.4) is 0 Å². The number of H-pyrrole nitrogens is 1. The van der Waals surface area contributed by atoms with E-state index >= 15 is 0 Å². The summed E-state index contributed by atoms with van der Waals surface area (Å²) in [7, 11) is 4.06. The van der Waals surface area contributed by atoms with Crippen molar-refractivity contribution in [1.82, 2.24) is 14.8 Å². The van der Waals surface area contributed by atoms with E-state index in [4.69, 9.17) is 0 Å². The van der Waals surface area contributed by atoms with Gasteiger partial charge in [-0.15, -0.1) is 11.3 Å². The molecule has 0 aliphatic heterocycles. The first-order valence-corrected chi connectivity index (χ1v) is 8.07. The van der Waals surface area contributed by atoms with Gasteiger partial charge in [-0.2, -0.15) is 5.10 Å². The first kappa shape index (κ1) is 15.3. The summed E-state index contributed by atoms with van der Waals surface area (Å²) in [4.78, 5) is 15.8. The smallest absolute Gasteiger partial charge is 0.343 e. The molecule has 0 aliphatic carbocycles. The predicted octanol–water partition coefficient (Wildman–Crippen LogP) is 2.92. The van der Waals surface area contributed by atoms with Gasteiger partial charge >= 0.3 is 5.69 Å². The van der Waals surface area contributed by atoms with Crippen molar-refractivity contribution in [3.8, 4) is 0 Å². The summed E-state index contributed by atoms with van der Waals surface area (Å²) in [6, 6.07) is 12.5. The van der Waals surface area contributed by atoms with Gasteiger partial charge < -0.3 is 4.90 Å². The predicted molar refractivity (Wildman–Crippen MR) is 96.0 cm³/mol. The van der Waals surface area contributed by atoms with Crippen LogP contribution in [0.15, 0.2) is 47.5 Å². The van der Waals surface area contributed by atoms with E-state index in [0.29, 0.717) is 6.54 Å². The molecule has 0 fully saturated rings. The molecule has 3 aromatic rings. The Bertz CT molecular complexity index is 855. The second kappa shape index (κ2) is 6.66. The summed E-state index contributed by atoms with van der Waals surface area (Å²) in [5, 5.41) is 6.13. The van der Waals surface area contributed by atoms with E-state index in [1.165, 1.54) is 12.0 Å². The molecule has 0 spiro atoms. The second-order valence-electron chi connectivity index (χ2n) is 5.41. The fourth-order valence-corrected chi connectivity index (χ4v) is 3.10. The molecule has 118 valence electrons. The summed E-state index contributed by atoms with van der Waals surface area (Å²) in [5.74, 6) is 0. The van der Waals surface area contributed by atoms with Crippen LogP contribution in [0, 0.1) is 0 Å². The Kier molecular flexibility index (Phi) is 4.43. The number of benzene rings is 1. The Morgan fingerprint density at radius 1 is 1.17 bits per heavy atom. The number of hydrogen-bond acceptors (Lipinski definition) is 4. The minimum atomic E-state index is -0.184. The van der Waals surface area contributed by atoms with Crippen molar-refractivity contribution < 1.29 is 0 Å². The third-order valence-corrected chi connectivity index (χ3v) is 4.51. The van der Waals surface area contributed by atoms with E-state index < -0.39 is 0 Å². The third kappa shape index (κ3) is 3.78. The zero-order valence-electron chi connectivity index (χ0n) is 13.1. The van der Waals surface area contributed by atoms with Crippen molar-refractivity contribution in [1.29, 1.82) is 0 Å². The standard InChI is InChI=1S/C17H18N4OS/c1-20(2)14-6-3-13(4-7-14)5-8-15-9-10-16(23-15)11-21-12-18-19-17(21)22/h3-10,12H,11H2,1-2H3,(H,19,22). The molecular weight excluding hydrogens is 308 g/mol. The monoisotopic (exact) mass is 326 g/mol. The van der Waals surface area contributed by atoms with Crippen molar-refractivity contribution in [2.24, 2.45) is 0 Å². The van der Waals surface area contributed by atoms with Crippen LogP contribution in [-0.4, -0.2) is 28.9 Å². The zero-order chi connectivity index (χ0) is 16.2. The molecule has 0 saturated carbocycles. The minimum absolute atomic E-state index is 0.184. The quantitative estimate of drug-likeness (QED) is 0.784. The Labute approximate surface area is 138 Å². The number of hydrogen-bond donors (Lipinski definition) is 1. The number of nitrogens with one attached hydrogen (secondary N) is 1. The van der Waals surface area contributed by atoms with Gasteiger partial charge in [0.15, 0.2) is 0 Å². The first-order chi connectivity index (χ1) is 11.1. The van der Waals surface area contributed by atoms with Crippen LogP contribution in [0.4, 0.5) is 5.69 Å². The maximum atomic E-state index is 11.4. The third-order valence-electron chi connectivity index (χ3n) is 3.48. The molecule has 0 amide bonds. The maximum absolute atomic E-state index is 11.4. The lowest BCUT2D eigenvalue weighted by molar-refractivity contribution is 0.772. The van der Waals surface area contributed by atoms with Gasteiger partial charge in [0, 0.05) is 29.5 Å². The highest BCUT2D eigenvalue weighted by atomic mass is 32.1. The lowest BCUT2D eigenvalue weighted by atomic mass is 10.2. The Morgan fingerprint density at radius 2 is 1.96 bits per heavy atom. The van der Waals surface area contributed by atoms with Crippen molar-refractivity contribution in [2.75, 3.05) is 19.0 Å². The lowest BCUT2D eigenvalue weighted by Crippen LogP contribution is -2.16. The lowest BCUT2D eigenvalue weighted by Gasteiger charge is -2.11.